The molecule has 4 nitrogen and oxygen atoms in total. The molecule has 3 N–H and O–H groups in total. The summed E-state index contributed by atoms with van der Waals surface area (Å²) >= 11 is 5.93. The van der Waals surface area contributed by atoms with Gasteiger partial charge in [0.05, 0.1) is 17.8 Å². The Hall–Kier alpha value is -2.27. The van der Waals surface area contributed by atoms with E-state index in [0.29, 0.717) is 16.4 Å². The van der Waals surface area contributed by atoms with Gasteiger partial charge in [0.15, 0.2) is 11.6 Å². The van der Waals surface area contributed by atoms with E-state index in [4.69, 9.17) is 22.1 Å². The minimum atomic E-state index is -0.600. The van der Waals surface area contributed by atoms with Crippen LogP contribution in [0.5, 0.6) is 5.75 Å². The van der Waals surface area contributed by atoms with E-state index in [1.807, 2.05) is 0 Å². The molecule has 0 aliphatic rings. The molecule has 0 unspecified atom stereocenters. The third-order valence-corrected chi connectivity index (χ3v) is 3.33. The van der Waals surface area contributed by atoms with Gasteiger partial charge >= 0.3 is 0 Å². The molecule has 0 fully saturated rings. The number of nitrogens with two attached hydrogens (primary N) is 1. The molecule has 0 radical (unpaired) electrons. The Balaban J connectivity index is 2.26. The minimum absolute atomic E-state index is 0.0817. The Morgan fingerprint density at radius 1 is 1.33 bits per heavy atom. The zero-order valence-electron chi connectivity index (χ0n) is 11.5. The molecule has 0 bridgehead atoms. The standard InChI is InChI=1S/C15H14ClFN2O2/c1-8-5-12(18)10(16)7-13(8)19-15(20)9-3-4-14(21-2)11(17)6-9/h3-7H,18H2,1-2H3,(H,19,20). The number of nitrogens with one attached hydrogen (secondary N) is 1. The highest BCUT2D eigenvalue weighted by atomic mass is 35.5. The van der Waals surface area contributed by atoms with E-state index in [-0.39, 0.29) is 11.3 Å². The molecule has 2 rings (SSSR count). The van der Waals surface area contributed by atoms with Gasteiger partial charge in [-0.2, -0.15) is 0 Å². The quantitative estimate of drug-likeness (QED) is 0.851. The van der Waals surface area contributed by atoms with Gasteiger partial charge in [0.2, 0.25) is 0 Å². The van der Waals surface area contributed by atoms with Crippen LogP contribution in [-0.4, -0.2) is 13.0 Å². The van der Waals surface area contributed by atoms with E-state index in [9.17, 15) is 9.18 Å². The second-order valence-electron chi connectivity index (χ2n) is 4.49. The SMILES string of the molecule is COc1ccc(C(=O)Nc2cc(Cl)c(N)cc2C)cc1F. The Morgan fingerprint density at radius 3 is 2.67 bits per heavy atom. The van der Waals surface area contributed by atoms with Crippen LogP contribution in [0.15, 0.2) is 30.3 Å². The van der Waals surface area contributed by atoms with Crippen LogP contribution in [0, 0.1) is 12.7 Å². The molecule has 1 amide bonds. The van der Waals surface area contributed by atoms with Crippen LogP contribution in [0.2, 0.25) is 5.02 Å². The molecule has 0 heterocycles. The van der Waals surface area contributed by atoms with Crippen molar-refractivity contribution in [3.63, 3.8) is 0 Å². The van der Waals surface area contributed by atoms with Crippen molar-refractivity contribution in [2.75, 3.05) is 18.2 Å². The molecule has 2 aromatic rings. The maximum atomic E-state index is 13.6. The highest BCUT2D eigenvalue weighted by Crippen LogP contribution is 2.27. The smallest absolute Gasteiger partial charge is 0.255 e. The average Bonchev–Trinajstić information content (AvgIpc) is 2.44. The number of methoxy groups -OCH3 is 1. The number of amides is 1. The molecule has 0 atom stereocenters. The van der Waals surface area contributed by atoms with E-state index < -0.39 is 11.7 Å². The van der Waals surface area contributed by atoms with E-state index in [2.05, 4.69) is 5.32 Å². The predicted molar refractivity (Wildman–Crippen MR) is 81.5 cm³/mol. The number of ether oxygens (including phenoxy) is 1. The summed E-state index contributed by atoms with van der Waals surface area (Å²) in [6.45, 7) is 1.79. The normalized spacial score (nSPS) is 10.3. The summed E-state index contributed by atoms with van der Waals surface area (Å²) < 4.78 is 18.4. The van der Waals surface area contributed by atoms with Gasteiger partial charge < -0.3 is 15.8 Å². The zero-order chi connectivity index (χ0) is 15.6. The second kappa shape index (κ2) is 6.01. The fourth-order valence-electron chi connectivity index (χ4n) is 1.84. The largest absolute Gasteiger partial charge is 0.494 e. The van der Waals surface area contributed by atoms with Gasteiger partial charge in [-0.3, -0.25) is 4.79 Å². The highest BCUT2D eigenvalue weighted by Gasteiger charge is 2.12. The van der Waals surface area contributed by atoms with Crippen LogP contribution in [0.4, 0.5) is 15.8 Å². The molecule has 0 saturated carbocycles. The number of carbonyl (C=O) groups excluding carboxylic acids is 1. The second-order valence-corrected chi connectivity index (χ2v) is 4.90. The molecule has 0 aromatic heterocycles. The number of hydrogen-bond donors (Lipinski definition) is 2. The summed E-state index contributed by atoms with van der Waals surface area (Å²) in [6, 6.07) is 7.21. The summed E-state index contributed by atoms with van der Waals surface area (Å²) in [4.78, 5) is 12.1. The van der Waals surface area contributed by atoms with Gasteiger partial charge in [0.25, 0.3) is 5.91 Å². The Labute approximate surface area is 126 Å². The molecule has 0 spiro atoms. The number of rotatable bonds is 3. The van der Waals surface area contributed by atoms with Crippen molar-refractivity contribution in [2.45, 2.75) is 6.92 Å². The number of aryl methyl sites for hydroxylation is 1. The monoisotopic (exact) mass is 308 g/mol. The van der Waals surface area contributed by atoms with Crippen molar-refractivity contribution in [1.29, 1.82) is 0 Å². The van der Waals surface area contributed by atoms with E-state index in [1.54, 1.807) is 19.1 Å². The van der Waals surface area contributed by atoms with Crippen molar-refractivity contribution in [3.8, 4) is 5.75 Å². The average molecular weight is 309 g/mol. The van der Waals surface area contributed by atoms with Crippen molar-refractivity contribution in [3.05, 3.63) is 52.3 Å². The molecule has 110 valence electrons. The van der Waals surface area contributed by atoms with Gasteiger partial charge in [0, 0.05) is 11.3 Å². The fourth-order valence-corrected chi connectivity index (χ4v) is 2.00. The first-order chi connectivity index (χ1) is 9.92. The maximum Gasteiger partial charge on any atom is 0.255 e. The Kier molecular flexibility index (Phi) is 4.33. The number of nitrogen functional groups attached to an aromatic ring is 1. The van der Waals surface area contributed by atoms with Crippen molar-refractivity contribution in [1.82, 2.24) is 0 Å². The van der Waals surface area contributed by atoms with E-state index in [1.165, 1.54) is 19.2 Å². The fraction of sp³-hybridized carbons (Fsp3) is 0.133. The molecule has 0 saturated heterocycles. The lowest BCUT2D eigenvalue weighted by Gasteiger charge is -2.11. The predicted octanol–water partition coefficient (Wildman–Crippen LogP) is 3.63. The van der Waals surface area contributed by atoms with E-state index in [0.717, 1.165) is 11.6 Å². The topological polar surface area (TPSA) is 64.3 Å². The van der Waals surface area contributed by atoms with Crippen LogP contribution in [0.3, 0.4) is 0 Å². The maximum absolute atomic E-state index is 13.6. The van der Waals surface area contributed by atoms with Gasteiger partial charge in [0.1, 0.15) is 0 Å². The van der Waals surface area contributed by atoms with Gasteiger partial charge in [-0.15, -0.1) is 0 Å². The number of anilines is 2. The first-order valence-corrected chi connectivity index (χ1v) is 6.50. The lowest BCUT2D eigenvalue weighted by molar-refractivity contribution is 0.102. The Morgan fingerprint density at radius 2 is 2.05 bits per heavy atom. The van der Waals surface area contributed by atoms with Crippen LogP contribution in [0.1, 0.15) is 15.9 Å². The Bertz CT molecular complexity index is 704. The van der Waals surface area contributed by atoms with Crippen LogP contribution in [-0.2, 0) is 0 Å². The minimum Gasteiger partial charge on any atom is -0.494 e. The summed E-state index contributed by atoms with van der Waals surface area (Å²) in [5.74, 6) is -0.962. The third kappa shape index (κ3) is 3.25. The van der Waals surface area contributed by atoms with Crippen molar-refractivity contribution < 1.29 is 13.9 Å². The molecule has 0 aliphatic carbocycles. The zero-order valence-corrected chi connectivity index (χ0v) is 12.3. The molecule has 21 heavy (non-hydrogen) atoms. The summed E-state index contributed by atoms with van der Waals surface area (Å²) in [5, 5.41) is 3.02. The van der Waals surface area contributed by atoms with Gasteiger partial charge in [-0.05, 0) is 42.8 Å². The van der Waals surface area contributed by atoms with Crippen molar-refractivity contribution >= 4 is 28.9 Å². The molecule has 0 aliphatic heterocycles. The highest BCUT2D eigenvalue weighted by molar-refractivity contribution is 6.33. The summed E-state index contributed by atoms with van der Waals surface area (Å²) in [5.41, 5.74) is 7.58. The van der Waals surface area contributed by atoms with Crippen LogP contribution < -0.4 is 15.8 Å². The van der Waals surface area contributed by atoms with Crippen LogP contribution in [0.25, 0.3) is 0 Å². The number of halogens is 2. The molecule has 2 aromatic carbocycles. The lowest BCUT2D eigenvalue weighted by atomic mass is 10.1. The third-order valence-electron chi connectivity index (χ3n) is 3.01. The first kappa shape index (κ1) is 15.1. The number of benzene rings is 2. The molecular formula is C15H14ClFN2O2. The van der Waals surface area contributed by atoms with Gasteiger partial charge in [-0.1, -0.05) is 11.6 Å². The first-order valence-electron chi connectivity index (χ1n) is 6.13. The number of carbonyl (C=O) groups is 1. The lowest BCUT2D eigenvalue weighted by Crippen LogP contribution is -2.13. The molecule has 6 heteroatoms. The number of hydrogen-bond acceptors (Lipinski definition) is 3. The van der Waals surface area contributed by atoms with Gasteiger partial charge in [-0.25, -0.2) is 4.39 Å². The molecular weight excluding hydrogens is 295 g/mol. The summed E-state index contributed by atoms with van der Waals surface area (Å²) in [7, 11) is 1.36. The van der Waals surface area contributed by atoms with E-state index >= 15 is 0 Å². The van der Waals surface area contributed by atoms with Crippen LogP contribution >= 0.6 is 11.6 Å². The van der Waals surface area contributed by atoms with Crippen molar-refractivity contribution in [2.24, 2.45) is 0 Å². The summed E-state index contributed by atoms with van der Waals surface area (Å²) in [6.07, 6.45) is 0.